The topological polar surface area (TPSA) is 172 Å². The third-order valence-corrected chi connectivity index (χ3v) is 9.36. The lowest BCUT2D eigenvalue weighted by molar-refractivity contribution is -0.385. The number of hydrogen-bond acceptors (Lipinski definition) is 9. The maximum Gasteiger partial charge on any atom is 0.374 e. The Bertz CT molecular complexity index is 1810. The summed E-state index contributed by atoms with van der Waals surface area (Å²) in [5.41, 5.74) is 1.70. The number of aromatic nitrogens is 1. The highest BCUT2D eigenvalue weighted by atomic mass is 79.9. The van der Waals surface area contributed by atoms with Gasteiger partial charge in [-0.1, -0.05) is 34.8 Å². The van der Waals surface area contributed by atoms with E-state index in [1.807, 2.05) is 6.07 Å². The van der Waals surface area contributed by atoms with E-state index in [0.29, 0.717) is 36.9 Å². The van der Waals surface area contributed by atoms with Gasteiger partial charge in [0, 0.05) is 54.0 Å². The first-order chi connectivity index (χ1) is 22.0. The largest absolute Gasteiger partial charge is 0.461 e. The third kappa shape index (κ3) is 11.5. The summed E-state index contributed by atoms with van der Waals surface area (Å²) in [5, 5.41) is 23.5. The fourth-order valence-corrected chi connectivity index (χ4v) is 5.21. The molecule has 1 heterocycles. The summed E-state index contributed by atoms with van der Waals surface area (Å²) in [7, 11) is 0. The average molecular weight is 904 g/mol. The van der Waals surface area contributed by atoms with Crippen molar-refractivity contribution >= 4 is 123 Å². The van der Waals surface area contributed by atoms with Crippen LogP contribution < -0.4 is 0 Å². The molecule has 0 amide bonds. The molecule has 250 valence electrons. The van der Waals surface area contributed by atoms with Gasteiger partial charge in [0.05, 0.1) is 38.1 Å². The number of benzene rings is 3. The van der Waals surface area contributed by atoms with E-state index < -0.39 is 28.0 Å². The monoisotopic (exact) mass is 899 g/mol. The Morgan fingerprint density at radius 3 is 1.83 bits per heavy atom. The van der Waals surface area contributed by atoms with Gasteiger partial charge in [-0.2, -0.15) is 0 Å². The predicted octanol–water partition coefficient (Wildman–Crippen LogP) is 9.77. The summed E-state index contributed by atoms with van der Waals surface area (Å²) in [6.45, 7) is 5.40. The van der Waals surface area contributed by atoms with Crippen LogP contribution >= 0.6 is 82.6 Å². The predicted molar refractivity (Wildman–Crippen MR) is 189 cm³/mol. The molecule has 1 aromatic heterocycles. The van der Waals surface area contributed by atoms with Crippen LogP contribution in [-0.2, 0) is 25.5 Å². The number of nitro benzene ring substituents is 2. The van der Waals surface area contributed by atoms with Crippen LogP contribution in [0.25, 0.3) is 10.9 Å². The summed E-state index contributed by atoms with van der Waals surface area (Å²) < 4.78 is 11.1. The van der Waals surface area contributed by atoms with E-state index in [-0.39, 0.29) is 34.5 Å². The average Bonchev–Trinajstić information content (AvgIpc) is 3.40. The number of nitrogens with one attached hydrogen (secondary N) is 1. The lowest BCUT2D eigenvalue weighted by Crippen LogP contribution is -2.19. The van der Waals surface area contributed by atoms with Gasteiger partial charge in [-0.05, 0) is 98.9 Å². The zero-order valence-electron chi connectivity index (χ0n) is 24.5. The molecule has 3 aromatic carbocycles. The van der Waals surface area contributed by atoms with E-state index in [1.165, 1.54) is 18.2 Å². The standard InChI is InChI=1S/C11H9BrClNO5.C11H9BrClNO2.C7H5BrClNO2/c1-2-19-11(16)10(15)4-6-3-8(13)7(12)5-9(6)14(17)18;1-2-16-11(15)10-4-6-3-8(13)7(12)5-9(6)14-10;1-4-2-6(9)5(8)3-7(4)10(11)12/h3,5H,2,4H2,1H3;3-5,14H,2H2,1H3;2-3H,1H3. The number of nitro groups is 2. The molecule has 47 heavy (non-hydrogen) atoms. The van der Waals surface area contributed by atoms with Crippen LogP contribution in [0.15, 0.2) is 55.9 Å². The van der Waals surface area contributed by atoms with Crippen LogP contribution in [0.2, 0.25) is 15.1 Å². The number of H-pyrrole nitrogens is 1. The van der Waals surface area contributed by atoms with Crippen molar-refractivity contribution in [1.29, 1.82) is 0 Å². The fraction of sp³-hybridized carbons (Fsp3) is 0.207. The Kier molecular flexibility index (Phi) is 15.7. The van der Waals surface area contributed by atoms with Crippen molar-refractivity contribution in [1.82, 2.24) is 4.98 Å². The molecule has 0 spiro atoms. The molecule has 18 heteroatoms. The minimum atomic E-state index is -1.02. The van der Waals surface area contributed by atoms with E-state index in [9.17, 15) is 34.6 Å². The number of ether oxygens (including phenoxy) is 2. The number of carbonyl (C=O) groups excluding carboxylic acids is 3. The Morgan fingerprint density at radius 1 is 0.766 bits per heavy atom. The Morgan fingerprint density at radius 2 is 1.28 bits per heavy atom. The molecular weight excluding hydrogens is 880 g/mol. The molecule has 0 saturated heterocycles. The number of fused-ring (bicyclic) bond motifs is 1. The lowest BCUT2D eigenvalue weighted by atomic mass is 10.1. The van der Waals surface area contributed by atoms with Gasteiger partial charge >= 0.3 is 11.9 Å². The number of aryl methyl sites for hydroxylation is 1. The molecule has 0 atom stereocenters. The molecule has 0 saturated carbocycles. The minimum absolute atomic E-state index is 0.0633. The Balaban J connectivity index is 0.000000251. The van der Waals surface area contributed by atoms with Crippen LogP contribution in [0.1, 0.15) is 35.5 Å². The molecule has 0 unspecified atom stereocenters. The molecule has 0 aliphatic carbocycles. The first kappa shape index (κ1) is 40.1. The second-order valence-corrected chi connectivity index (χ2v) is 12.8. The van der Waals surface area contributed by atoms with Crippen molar-refractivity contribution in [3.05, 3.63) is 108 Å². The summed E-state index contributed by atoms with van der Waals surface area (Å²) in [5.74, 6) is -2.23. The number of halogens is 6. The molecular formula is C29H23Br3Cl3N3O9. The van der Waals surface area contributed by atoms with Crippen LogP contribution in [0.5, 0.6) is 0 Å². The molecule has 0 bridgehead atoms. The summed E-state index contributed by atoms with van der Waals surface area (Å²) in [6.07, 6.45) is -0.428. The maximum absolute atomic E-state index is 11.5. The number of esters is 2. The van der Waals surface area contributed by atoms with Gasteiger partial charge < -0.3 is 14.5 Å². The van der Waals surface area contributed by atoms with Crippen molar-refractivity contribution < 1.29 is 33.7 Å². The van der Waals surface area contributed by atoms with Gasteiger partial charge in [-0.15, -0.1) is 0 Å². The van der Waals surface area contributed by atoms with Gasteiger partial charge in [0.15, 0.2) is 0 Å². The second kappa shape index (κ2) is 18.5. The number of ketones is 1. The zero-order chi connectivity index (χ0) is 35.6. The summed E-state index contributed by atoms with van der Waals surface area (Å²) in [6, 6.07) is 10.8. The molecule has 1 N–H and O–H groups in total. The highest BCUT2D eigenvalue weighted by Gasteiger charge is 2.23. The van der Waals surface area contributed by atoms with Crippen molar-refractivity contribution in [3.63, 3.8) is 0 Å². The Labute approximate surface area is 307 Å². The number of Topliss-reactive ketones (excluding diaryl/α,β-unsaturated/α-hetero) is 1. The minimum Gasteiger partial charge on any atom is -0.461 e. The number of nitrogens with zero attached hydrogens (tertiary/aromatic N) is 2. The van der Waals surface area contributed by atoms with E-state index >= 15 is 0 Å². The van der Waals surface area contributed by atoms with Crippen molar-refractivity contribution in [2.24, 2.45) is 0 Å². The smallest absolute Gasteiger partial charge is 0.374 e. The van der Waals surface area contributed by atoms with Gasteiger partial charge in [0.1, 0.15) is 5.69 Å². The number of carbonyl (C=O) groups is 3. The van der Waals surface area contributed by atoms with E-state index in [1.54, 1.807) is 39.0 Å². The second-order valence-electron chi connectivity index (χ2n) is 9.04. The SMILES string of the molecule is CCOC(=O)C(=O)Cc1cc(Cl)c(Br)cc1[N+](=O)[O-].CCOC(=O)c1cc2cc(Cl)c(Br)cc2[nH]1.Cc1cc(Cl)c(Br)cc1[N+](=O)[O-]. The lowest BCUT2D eigenvalue weighted by Gasteiger charge is -2.05. The van der Waals surface area contributed by atoms with Crippen LogP contribution in [-0.4, -0.2) is 45.8 Å². The normalized spacial score (nSPS) is 10.2. The maximum atomic E-state index is 11.5. The van der Waals surface area contributed by atoms with Crippen molar-refractivity contribution in [2.75, 3.05) is 13.2 Å². The van der Waals surface area contributed by atoms with Crippen molar-refractivity contribution in [3.8, 4) is 0 Å². The van der Waals surface area contributed by atoms with Crippen LogP contribution in [0.4, 0.5) is 11.4 Å². The first-order valence-electron chi connectivity index (χ1n) is 13.1. The van der Waals surface area contributed by atoms with Gasteiger partial charge in [-0.3, -0.25) is 25.0 Å². The first-order valence-corrected chi connectivity index (χ1v) is 16.6. The van der Waals surface area contributed by atoms with Gasteiger partial charge in [0.25, 0.3) is 11.4 Å². The number of aromatic amines is 1. The highest BCUT2D eigenvalue weighted by molar-refractivity contribution is 9.11. The molecule has 0 fully saturated rings. The van der Waals surface area contributed by atoms with E-state index in [0.717, 1.165) is 15.4 Å². The summed E-state index contributed by atoms with van der Waals surface area (Å²) in [4.78, 5) is 57.4. The molecule has 0 aliphatic heterocycles. The molecule has 4 rings (SSSR count). The Hall–Kier alpha value is -3.08. The molecule has 12 nitrogen and oxygen atoms in total. The fourth-order valence-electron chi connectivity index (χ4n) is 3.62. The van der Waals surface area contributed by atoms with Crippen molar-refractivity contribution in [2.45, 2.75) is 27.2 Å². The molecule has 0 aliphatic rings. The van der Waals surface area contributed by atoms with Gasteiger partial charge in [-0.25, -0.2) is 9.59 Å². The van der Waals surface area contributed by atoms with Crippen LogP contribution in [0.3, 0.4) is 0 Å². The quantitative estimate of drug-likeness (QED) is 0.0782. The number of rotatable bonds is 8. The van der Waals surface area contributed by atoms with E-state index in [4.69, 9.17) is 39.5 Å². The van der Waals surface area contributed by atoms with Crippen LogP contribution in [0, 0.1) is 27.2 Å². The van der Waals surface area contributed by atoms with Gasteiger partial charge in [0.2, 0.25) is 5.78 Å². The van der Waals surface area contributed by atoms with E-state index in [2.05, 4.69) is 57.5 Å². The third-order valence-electron chi connectivity index (χ3n) is 5.76. The molecule has 0 radical (unpaired) electrons. The summed E-state index contributed by atoms with van der Waals surface area (Å²) >= 11 is 27.0. The number of hydrogen-bond donors (Lipinski definition) is 1. The zero-order valence-corrected chi connectivity index (χ0v) is 31.5. The molecule has 4 aromatic rings. The highest BCUT2D eigenvalue weighted by Crippen LogP contribution is 2.32.